The third-order valence-electron chi connectivity index (χ3n) is 5.63. The van der Waals surface area contributed by atoms with E-state index in [0.717, 1.165) is 6.21 Å². The number of ether oxygens (including phenoxy) is 1. The Kier molecular flexibility index (Phi) is 8.12. The van der Waals surface area contributed by atoms with Gasteiger partial charge in [0.15, 0.2) is 10.8 Å². The molecule has 13 heteroatoms. The molecule has 0 spiro atoms. The number of carbonyl (C=O) groups is 1. The van der Waals surface area contributed by atoms with E-state index < -0.39 is 30.1 Å². The average Bonchev–Trinajstić information content (AvgIpc) is 3.46. The predicted octanol–water partition coefficient (Wildman–Crippen LogP) is 5.43. The van der Waals surface area contributed by atoms with E-state index in [0.29, 0.717) is 40.6 Å². The number of carbonyl (C=O) groups excluding carboxylic acids is 1. The lowest BCUT2D eigenvalue weighted by Crippen LogP contribution is -2.41. The lowest BCUT2D eigenvalue weighted by molar-refractivity contribution is 0.0507. The number of alkyl carbamates (subject to hydrolysis) is 1. The molecule has 2 aromatic rings. The highest BCUT2D eigenvalue weighted by Crippen LogP contribution is 2.44. The molecule has 38 heavy (non-hydrogen) atoms. The van der Waals surface area contributed by atoms with Crippen molar-refractivity contribution in [2.24, 2.45) is 15.7 Å². The van der Waals surface area contributed by atoms with Crippen LogP contribution in [-0.2, 0) is 4.74 Å². The Labute approximate surface area is 226 Å². The number of alkyl halides is 2. The molecule has 1 aromatic carbocycles. The molecule has 8 nitrogen and oxygen atoms in total. The Morgan fingerprint density at radius 2 is 2.16 bits per heavy atom. The van der Waals surface area contributed by atoms with Crippen LogP contribution in [0.25, 0.3) is 0 Å². The summed E-state index contributed by atoms with van der Waals surface area (Å²) in [5.41, 5.74) is 7.50. The standard InChI is InChI=1S/C25H26ClF3N6O2S/c1-25(2,3)37-24(36)33-14-11-18-19(17(30)6-7-32-23(28)29)20(15-5-4-13(27)10-16(15)26)34-21(35(18)12-14)22-31-8-9-38-22/h4-10,14,20,23H,11-12,30H2,1-3H3,(H,33,36)/t14-,20-/m0/s1. The molecule has 2 atom stereocenters. The van der Waals surface area contributed by atoms with Gasteiger partial charge in [-0.1, -0.05) is 17.7 Å². The van der Waals surface area contributed by atoms with E-state index in [9.17, 15) is 18.0 Å². The normalized spacial score (nSPS) is 20.3. The van der Waals surface area contributed by atoms with Crippen LogP contribution >= 0.6 is 22.9 Å². The molecule has 1 aromatic heterocycles. The van der Waals surface area contributed by atoms with E-state index >= 15 is 0 Å². The van der Waals surface area contributed by atoms with Crippen LogP contribution in [0, 0.1) is 5.82 Å². The lowest BCUT2D eigenvalue weighted by atomic mass is 9.92. The number of allylic oxidation sites excluding steroid dienone is 1. The van der Waals surface area contributed by atoms with Gasteiger partial charge in [-0.3, -0.25) is 4.99 Å². The Morgan fingerprint density at radius 1 is 1.39 bits per heavy atom. The molecular formula is C25H26ClF3N6O2S. The summed E-state index contributed by atoms with van der Waals surface area (Å²) in [4.78, 5) is 26.8. The number of nitrogens with two attached hydrogens (primary N) is 1. The second kappa shape index (κ2) is 11.2. The number of nitrogens with one attached hydrogen (secondary N) is 1. The zero-order chi connectivity index (χ0) is 27.6. The van der Waals surface area contributed by atoms with Crippen LogP contribution < -0.4 is 11.1 Å². The number of fused-ring (bicyclic) bond motifs is 1. The maximum Gasteiger partial charge on any atom is 0.407 e. The van der Waals surface area contributed by atoms with Gasteiger partial charge in [0.2, 0.25) is 0 Å². The van der Waals surface area contributed by atoms with Gasteiger partial charge in [0.1, 0.15) is 17.5 Å². The highest BCUT2D eigenvalue weighted by Gasteiger charge is 2.41. The first-order valence-electron chi connectivity index (χ1n) is 11.6. The van der Waals surface area contributed by atoms with E-state index in [2.05, 4.69) is 15.3 Å². The highest BCUT2D eigenvalue weighted by molar-refractivity contribution is 7.11. The van der Waals surface area contributed by atoms with Gasteiger partial charge >= 0.3 is 12.6 Å². The van der Waals surface area contributed by atoms with Crippen LogP contribution in [0.4, 0.5) is 18.0 Å². The highest BCUT2D eigenvalue weighted by atomic mass is 35.5. The molecule has 3 heterocycles. The molecule has 1 amide bonds. The van der Waals surface area contributed by atoms with Crippen molar-refractivity contribution in [1.82, 2.24) is 15.2 Å². The van der Waals surface area contributed by atoms with Crippen LogP contribution in [0.1, 0.15) is 43.8 Å². The van der Waals surface area contributed by atoms with Crippen LogP contribution in [0.15, 0.2) is 62.8 Å². The number of hydrogen-bond acceptors (Lipinski definition) is 8. The van der Waals surface area contributed by atoms with Gasteiger partial charge < -0.3 is 20.7 Å². The minimum Gasteiger partial charge on any atom is -0.444 e. The van der Waals surface area contributed by atoms with Gasteiger partial charge in [0, 0.05) is 58.3 Å². The molecule has 0 saturated carbocycles. The first-order chi connectivity index (χ1) is 17.9. The molecule has 0 aliphatic carbocycles. The molecule has 1 fully saturated rings. The Bertz CT molecular complexity index is 1320. The van der Waals surface area contributed by atoms with Crippen molar-refractivity contribution < 1.29 is 22.7 Å². The number of aromatic nitrogens is 1. The third-order valence-corrected chi connectivity index (χ3v) is 6.72. The summed E-state index contributed by atoms with van der Waals surface area (Å²) in [5, 5.41) is 5.42. The minimum atomic E-state index is -2.90. The molecule has 4 rings (SSSR count). The van der Waals surface area contributed by atoms with Gasteiger partial charge in [-0.05, 0) is 39.0 Å². The smallest absolute Gasteiger partial charge is 0.407 e. The minimum absolute atomic E-state index is 0.124. The molecule has 1 saturated heterocycles. The predicted molar refractivity (Wildman–Crippen MR) is 141 cm³/mol. The van der Waals surface area contributed by atoms with Crippen molar-refractivity contribution in [1.29, 1.82) is 0 Å². The molecule has 0 bridgehead atoms. The fraction of sp³-hybridized carbons (Fsp3) is 0.360. The number of benzene rings is 1. The maximum atomic E-state index is 13.9. The van der Waals surface area contributed by atoms with Crippen molar-refractivity contribution >= 4 is 41.1 Å². The second-order valence-electron chi connectivity index (χ2n) is 9.57. The molecule has 0 unspecified atom stereocenters. The van der Waals surface area contributed by atoms with Gasteiger partial charge in [-0.2, -0.15) is 8.78 Å². The second-order valence-corrected chi connectivity index (χ2v) is 10.9. The average molecular weight is 567 g/mol. The van der Waals surface area contributed by atoms with E-state index in [4.69, 9.17) is 27.1 Å². The largest absolute Gasteiger partial charge is 0.444 e. The fourth-order valence-electron chi connectivity index (χ4n) is 4.25. The summed E-state index contributed by atoms with van der Waals surface area (Å²) in [7, 11) is 0. The first kappa shape index (κ1) is 27.6. The van der Waals surface area contributed by atoms with E-state index in [1.54, 1.807) is 32.3 Å². The Hall–Kier alpha value is -3.38. The van der Waals surface area contributed by atoms with Crippen molar-refractivity contribution in [2.75, 3.05) is 6.54 Å². The summed E-state index contributed by atoms with van der Waals surface area (Å²) >= 11 is 7.81. The van der Waals surface area contributed by atoms with E-state index in [1.165, 1.54) is 35.6 Å². The Balaban J connectivity index is 1.83. The molecule has 0 radical (unpaired) electrons. The van der Waals surface area contributed by atoms with E-state index in [1.807, 2.05) is 4.90 Å². The monoisotopic (exact) mass is 566 g/mol. The van der Waals surface area contributed by atoms with Crippen LogP contribution in [0.2, 0.25) is 5.02 Å². The van der Waals surface area contributed by atoms with Gasteiger partial charge in [-0.15, -0.1) is 11.3 Å². The van der Waals surface area contributed by atoms with E-state index in [-0.39, 0.29) is 16.8 Å². The summed E-state index contributed by atoms with van der Waals surface area (Å²) in [6, 6.07) is 2.75. The number of hydrogen-bond donors (Lipinski definition) is 2. The number of amides is 1. The Morgan fingerprint density at radius 3 is 2.79 bits per heavy atom. The summed E-state index contributed by atoms with van der Waals surface area (Å²) in [6.45, 7) is 2.73. The third kappa shape index (κ3) is 6.36. The van der Waals surface area contributed by atoms with Crippen molar-refractivity contribution in [3.8, 4) is 0 Å². The number of aliphatic imine (C=N–C) groups is 2. The number of thiazole rings is 1. The topological polar surface area (TPSA) is 105 Å². The summed E-state index contributed by atoms with van der Waals surface area (Å²) < 4.78 is 44.6. The zero-order valence-electron chi connectivity index (χ0n) is 20.8. The molecule has 2 aliphatic heterocycles. The zero-order valence-corrected chi connectivity index (χ0v) is 22.4. The quantitative estimate of drug-likeness (QED) is 0.358. The molecule has 202 valence electrons. The molecular weight excluding hydrogens is 541 g/mol. The van der Waals surface area contributed by atoms with Crippen molar-refractivity contribution in [3.63, 3.8) is 0 Å². The van der Waals surface area contributed by atoms with Gasteiger partial charge in [0.25, 0.3) is 0 Å². The summed E-state index contributed by atoms with van der Waals surface area (Å²) in [6.07, 6.45) is 3.57. The molecule has 2 aliphatic rings. The van der Waals surface area contributed by atoms with Crippen molar-refractivity contribution in [2.45, 2.75) is 51.4 Å². The number of nitrogens with zero attached hydrogens (tertiary/aromatic N) is 4. The fourth-order valence-corrected chi connectivity index (χ4v) is 5.16. The maximum absolute atomic E-state index is 13.9. The number of rotatable bonds is 6. The van der Waals surface area contributed by atoms with Gasteiger partial charge in [-0.25, -0.2) is 19.2 Å². The number of halogens is 4. The van der Waals surface area contributed by atoms with Crippen LogP contribution in [0.3, 0.4) is 0 Å². The SMILES string of the molecule is CC(C)(C)OC(=O)N[C@H]1CC2=C(C(N)=CC=NC(F)F)[C@H](c3ccc(F)cc3Cl)N=C(c3nccs3)N2C1. The number of amidine groups is 1. The van der Waals surface area contributed by atoms with Crippen LogP contribution in [-0.4, -0.2) is 52.8 Å². The van der Waals surface area contributed by atoms with Crippen molar-refractivity contribution in [3.05, 3.63) is 74.2 Å². The molecule has 3 N–H and O–H groups in total. The first-order valence-corrected chi connectivity index (χ1v) is 12.9. The van der Waals surface area contributed by atoms with Crippen LogP contribution in [0.5, 0.6) is 0 Å². The lowest BCUT2D eigenvalue weighted by Gasteiger charge is -2.33. The van der Waals surface area contributed by atoms with Gasteiger partial charge in [0.05, 0.1) is 6.04 Å². The summed E-state index contributed by atoms with van der Waals surface area (Å²) in [5.74, 6) is -0.00346.